The van der Waals surface area contributed by atoms with Gasteiger partial charge in [-0.1, -0.05) is 0 Å². The maximum Gasteiger partial charge on any atom is 0.0931 e. The molecule has 1 fully saturated rings. The van der Waals surface area contributed by atoms with Crippen molar-refractivity contribution in [1.29, 1.82) is 0 Å². The molecule has 1 N–H and O–H groups in total. The van der Waals surface area contributed by atoms with Gasteiger partial charge in [-0.2, -0.15) is 0 Å². The molecule has 0 aromatic rings. The lowest BCUT2D eigenvalue weighted by atomic mass is 9.75. The average molecular weight is 207 g/mol. The van der Waals surface area contributed by atoms with Crippen molar-refractivity contribution in [2.24, 2.45) is 0 Å². The maximum absolute atomic E-state index is 6.12. The van der Waals surface area contributed by atoms with Gasteiger partial charge in [-0.15, -0.1) is 0 Å². The number of hydrogen-bond donors (Lipinski definition) is 1. The Labute approximate surface area is 92.1 Å². The van der Waals surface area contributed by atoms with Gasteiger partial charge in [-0.25, -0.2) is 0 Å². The zero-order valence-corrected chi connectivity index (χ0v) is 9.64. The van der Waals surface area contributed by atoms with E-state index in [1.165, 1.54) is 50.6 Å². The van der Waals surface area contributed by atoms with Crippen LogP contribution < -0.4 is 5.32 Å². The fraction of sp³-hybridized carbons (Fsp3) is 0.846. The molecule has 1 saturated heterocycles. The quantitative estimate of drug-likeness (QED) is 0.659. The third kappa shape index (κ3) is 1.50. The van der Waals surface area contributed by atoms with Crippen LogP contribution in [0.15, 0.2) is 11.3 Å². The largest absolute Gasteiger partial charge is 0.386 e. The molecule has 0 bridgehead atoms. The lowest BCUT2D eigenvalue weighted by Crippen LogP contribution is -2.46. The molecule has 2 heteroatoms. The summed E-state index contributed by atoms with van der Waals surface area (Å²) in [5.41, 5.74) is 3.31. The van der Waals surface area contributed by atoms with Crippen LogP contribution in [0.25, 0.3) is 0 Å². The van der Waals surface area contributed by atoms with Crippen molar-refractivity contribution in [3.63, 3.8) is 0 Å². The normalized spacial score (nSPS) is 40.5. The van der Waals surface area contributed by atoms with Crippen LogP contribution in [0.3, 0.4) is 0 Å². The molecule has 0 saturated carbocycles. The molecule has 2 atom stereocenters. The Balaban J connectivity index is 1.98. The van der Waals surface area contributed by atoms with Crippen molar-refractivity contribution < 1.29 is 4.74 Å². The van der Waals surface area contributed by atoms with Gasteiger partial charge in [0.1, 0.15) is 0 Å². The molecule has 0 amide bonds. The van der Waals surface area contributed by atoms with E-state index in [1.807, 2.05) is 0 Å². The highest BCUT2D eigenvalue weighted by Crippen LogP contribution is 2.45. The van der Waals surface area contributed by atoms with E-state index >= 15 is 0 Å². The summed E-state index contributed by atoms with van der Waals surface area (Å²) < 4.78 is 6.12. The Morgan fingerprint density at radius 3 is 2.93 bits per heavy atom. The van der Waals surface area contributed by atoms with Gasteiger partial charge in [0.25, 0.3) is 0 Å². The molecule has 2 aliphatic heterocycles. The third-order valence-corrected chi connectivity index (χ3v) is 4.18. The standard InChI is InChI=1S/C13H21NO/c1-10-9-13(7-4-8-15-13)11-5-2-3-6-12(11)14-10/h10,14H,2-9H2,1H3/t10-,13+/m0/s1. The van der Waals surface area contributed by atoms with Gasteiger partial charge in [0.05, 0.1) is 5.60 Å². The smallest absolute Gasteiger partial charge is 0.0931 e. The fourth-order valence-electron chi connectivity index (χ4n) is 3.63. The van der Waals surface area contributed by atoms with Crippen LogP contribution >= 0.6 is 0 Å². The van der Waals surface area contributed by atoms with Gasteiger partial charge in [0.2, 0.25) is 0 Å². The summed E-state index contributed by atoms with van der Waals surface area (Å²) in [5, 5.41) is 3.67. The predicted molar refractivity (Wildman–Crippen MR) is 60.6 cm³/mol. The number of allylic oxidation sites excluding steroid dienone is 1. The molecular formula is C13H21NO. The second-order valence-corrected chi connectivity index (χ2v) is 5.36. The van der Waals surface area contributed by atoms with Crippen molar-refractivity contribution in [2.45, 2.75) is 63.5 Å². The molecule has 84 valence electrons. The van der Waals surface area contributed by atoms with Gasteiger partial charge < -0.3 is 10.1 Å². The Kier molecular flexibility index (Phi) is 2.27. The number of nitrogens with one attached hydrogen (secondary N) is 1. The van der Waals surface area contributed by atoms with Crippen molar-refractivity contribution >= 4 is 0 Å². The minimum Gasteiger partial charge on any atom is -0.386 e. The minimum atomic E-state index is 0.153. The first-order chi connectivity index (χ1) is 7.30. The molecular weight excluding hydrogens is 186 g/mol. The lowest BCUT2D eigenvalue weighted by Gasteiger charge is -2.43. The lowest BCUT2D eigenvalue weighted by molar-refractivity contribution is 0.00984. The number of hydrogen-bond acceptors (Lipinski definition) is 2. The highest BCUT2D eigenvalue weighted by Gasteiger charge is 2.44. The summed E-state index contributed by atoms with van der Waals surface area (Å²) in [4.78, 5) is 0. The summed E-state index contributed by atoms with van der Waals surface area (Å²) >= 11 is 0. The van der Waals surface area contributed by atoms with E-state index in [4.69, 9.17) is 4.74 Å². The zero-order valence-electron chi connectivity index (χ0n) is 9.64. The molecule has 1 aliphatic carbocycles. The topological polar surface area (TPSA) is 21.3 Å². The number of rotatable bonds is 0. The van der Waals surface area contributed by atoms with Crippen LogP contribution in [0.4, 0.5) is 0 Å². The molecule has 0 aromatic carbocycles. The second kappa shape index (κ2) is 3.51. The maximum atomic E-state index is 6.12. The molecule has 2 heterocycles. The minimum absolute atomic E-state index is 0.153. The molecule has 0 unspecified atom stereocenters. The third-order valence-electron chi connectivity index (χ3n) is 4.18. The van der Waals surface area contributed by atoms with Crippen molar-refractivity contribution in [3.8, 4) is 0 Å². The summed E-state index contributed by atoms with van der Waals surface area (Å²) in [6.45, 7) is 3.27. The van der Waals surface area contributed by atoms with Gasteiger partial charge in [0.15, 0.2) is 0 Å². The average Bonchev–Trinajstić information content (AvgIpc) is 2.67. The predicted octanol–water partition coefficient (Wildman–Crippen LogP) is 2.75. The molecule has 0 radical (unpaired) electrons. The Hall–Kier alpha value is -0.500. The summed E-state index contributed by atoms with van der Waals surface area (Å²) in [6.07, 6.45) is 8.95. The van der Waals surface area contributed by atoms with E-state index in [9.17, 15) is 0 Å². The Bertz CT molecular complexity index is 289. The first kappa shape index (κ1) is 9.71. The van der Waals surface area contributed by atoms with Gasteiger partial charge in [0, 0.05) is 24.8 Å². The molecule has 0 aromatic heterocycles. The zero-order chi connectivity index (χ0) is 10.3. The SMILES string of the molecule is C[C@H]1C[C@]2(CCCO2)C2=C(CCCC2)N1. The van der Waals surface area contributed by atoms with E-state index in [2.05, 4.69) is 12.2 Å². The van der Waals surface area contributed by atoms with Crippen molar-refractivity contribution in [3.05, 3.63) is 11.3 Å². The molecule has 3 rings (SSSR count). The fourth-order valence-corrected chi connectivity index (χ4v) is 3.63. The van der Waals surface area contributed by atoms with Crippen LogP contribution in [0.1, 0.15) is 51.9 Å². The summed E-state index contributed by atoms with van der Waals surface area (Å²) in [7, 11) is 0. The van der Waals surface area contributed by atoms with Crippen molar-refractivity contribution in [1.82, 2.24) is 5.32 Å². The highest BCUT2D eigenvalue weighted by molar-refractivity contribution is 5.30. The molecule has 1 spiro atoms. The summed E-state index contributed by atoms with van der Waals surface area (Å²) in [6, 6.07) is 0.597. The molecule has 3 aliphatic rings. The van der Waals surface area contributed by atoms with Crippen LogP contribution in [0.2, 0.25) is 0 Å². The van der Waals surface area contributed by atoms with E-state index < -0.39 is 0 Å². The number of fused-ring (bicyclic) bond motifs is 1. The monoisotopic (exact) mass is 207 g/mol. The first-order valence-electron chi connectivity index (χ1n) is 6.43. The van der Waals surface area contributed by atoms with E-state index in [-0.39, 0.29) is 5.60 Å². The van der Waals surface area contributed by atoms with Crippen LogP contribution in [-0.2, 0) is 4.74 Å². The highest BCUT2D eigenvalue weighted by atomic mass is 16.5. The van der Waals surface area contributed by atoms with Gasteiger partial charge in [-0.05, 0) is 51.0 Å². The number of ether oxygens (including phenoxy) is 1. The van der Waals surface area contributed by atoms with E-state index in [0.717, 1.165) is 6.61 Å². The molecule has 15 heavy (non-hydrogen) atoms. The second-order valence-electron chi connectivity index (χ2n) is 5.36. The van der Waals surface area contributed by atoms with E-state index in [1.54, 1.807) is 5.57 Å². The van der Waals surface area contributed by atoms with Crippen LogP contribution in [0, 0.1) is 0 Å². The Morgan fingerprint density at radius 1 is 1.27 bits per heavy atom. The van der Waals surface area contributed by atoms with Crippen molar-refractivity contribution in [2.75, 3.05) is 6.61 Å². The van der Waals surface area contributed by atoms with E-state index in [0.29, 0.717) is 6.04 Å². The molecule has 2 nitrogen and oxygen atoms in total. The van der Waals surface area contributed by atoms with Crippen LogP contribution in [0.5, 0.6) is 0 Å². The Morgan fingerprint density at radius 2 is 2.13 bits per heavy atom. The van der Waals surface area contributed by atoms with Gasteiger partial charge in [-0.3, -0.25) is 0 Å². The summed E-state index contributed by atoms with van der Waals surface area (Å²) in [5.74, 6) is 0. The van der Waals surface area contributed by atoms with Crippen LogP contribution in [-0.4, -0.2) is 18.2 Å². The first-order valence-corrected chi connectivity index (χ1v) is 6.43. The van der Waals surface area contributed by atoms with Gasteiger partial charge >= 0.3 is 0 Å².